The first-order chi connectivity index (χ1) is 23.1. The fourth-order valence-electron chi connectivity index (χ4n) is 5.98. The molecule has 2 aliphatic heterocycles. The molecule has 0 saturated heterocycles. The van der Waals surface area contributed by atoms with Crippen LogP contribution >= 0.6 is 0 Å². The third-order valence-electron chi connectivity index (χ3n) is 8.48. The average molecular weight is 650 g/mol. The number of carboxylic acids is 1. The maximum Gasteiger partial charge on any atom is 0.307 e. The molecule has 10 heteroatoms. The van der Waals surface area contributed by atoms with Crippen LogP contribution in [0, 0.1) is 0 Å². The van der Waals surface area contributed by atoms with Gasteiger partial charge >= 0.3 is 5.97 Å². The van der Waals surface area contributed by atoms with Crippen LogP contribution in [0.3, 0.4) is 0 Å². The summed E-state index contributed by atoms with van der Waals surface area (Å²) in [5.74, 6) is 0.388. The molecule has 0 unspecified atom stereocenters. The van der Waals surface area contributed by atoms with Crippen molar-refractivity contribution >= 4 is 23.7 Å². The van der Waals surface area contributed by atoms with Gasteiger partial charge in [0, 0.05) is 37.3 Å². The highest BCUT2D eigenvalue weighted by Crippen LogP contribution is 2.24. The molecule has 0 bridgehead atoms. The van der Waals surface area contributed by atoms with Crippen molar-refractivity contribution in [1.82, 2.24) is 9.80 Å². The Balaban J connectivity index is 0.000000188. The molecule has 3 amide bonds. The molecule has 2 heterocycles. The minimum atomic E-state index is -0.863. The van der Waals surface area contributed by atoms with Crippen molar-refractivity contribution in [1.29, 1.82) is 0 Å². The molecule has 0 fully saturated rings. The largest absolute Gasteiger partial charge is 0.497 e. The Morgan fingerprint density at radius 2 is 1.04 bits per heavy atom. The second-order valence-electron chi connectivity index (χ2n) is 11.8. The SMILES string of the molecule is COc1ccc(CN2CCc3cc(CC(=O)O)ccc3C2=O)cc1.COc1ccc(CN2CCc3cc(CC(N)=O)ccc3C2=O)cc1. The van der Waals surface area contributed by atoms with Crippen LogP contribution in [0.5, 0.6) is 11.5 Å². The molecule has 6 rings (SSSR count). The molecule has 2 aliphatic rings. The fraction of sp³-hybridized carbons (Fsp3) is 0.263. The fourth-order valence-corrected chi connectivity index (χ4v) is 5.98. The van der Waals surface area contributed by atoms with Gasteiger partial charge in [0.2, 0.25) is 5.91 Å². The number of rotatable bonds is 10. The van der Waals surface area contributed by atoms with Crippen LogP contribution < -0.4 is 15.2 Å². The Hall–Kier alpha value is -5.64. The van der Waals surface area contributed by atoms with Gasteiger partial charge in [0.05, 0.1) is 27.1 Å². The molecule has 0 spiro atoms. The number of hydrogen-bond donors (Lipinski definition) is 2. The quantitative estimate of drug-likeness (QED) is 0.259. The molecule has 10 nitrogen and oxygen atoms in total. The van der Waals surface area contributed by atoms with Crippen LogP contribution in [-0.2, 0) is 48.4 Å². The van der Waals surface area contributed by atoms with Crippen molar-refractivity contribution in [3.05, 3.63) is 129 Å². The number of ether oxygens (including phenoxy) is 2. The Kier molecular flexibility index (Phi) is 10.7. The zero-order chi connectivity index (χ0) is 34.2. The molecule has 0 aliphatic carbocycles. The van der Waals surface area contributed by atoms with Crippen molar-refractivity contribution < 1.29 is 33.8 Å². The Labute approximate surface area is 279 Å². The second-order valence-corrected chi connectivity index (χ2v) is 11.8. The predicted octanol–water partition coefficient (Wildman–Crippen LogP) is 4.44. The maximum absolute atomic E-state index is 12.7. The molecule has 0 saturated carbocycles. The molecule has 4 aromatic carbocycles. The molecule has 4 aromatic rings. The van der Waals surface area contributed by atoms with E-state index in [2.05, 4.69) is 0 Å². The zero-order valence-corrected chi connectivity index (χ0v) is 27.1. The van der Waals surface area contributed by atoms with Gasteiger partial charge in [-0.05, 0) is 82.6 Å². The highest BCUT2D eigenvalue weighted by molar-refractivity contribution is 5.97. The van der Waals surface area contributed by atoms with Gasteiger partial charge in [-0.3, -0.25) is 19.2 Å². The van der Waals surface area contributed by atoms with Crippen LogP contribution in [0.1, 0.15) is 54.1 Å². The Morgan fingerprint density at radius 1 is 0.646 bits per heavy atom. The van der Waals surface area contributed by atoms with E-state index in [1.54, 1.807) is 38.5 Å². The minimum Gasteiger partial charge on any atom is -0.497 e. The third-order valence-corrected chi connectivity index (χ3v) is 8.48. The predicted molar refractivity (Wildman–Crippen MR) is 180 cm³/mol. The number of methoxy groups -OCH3 is 2. The second kappa shape index (κ2) is 15.3. The van der Waals surface area contributed by atoms with Gasteiger partial charge in [0.25, 0.3) is 11.8 Å². The number of amides is 3. The smallest absolute Gasteiger partial charge is 0.307 e. The number of fused-ring (bicyclic) bond motifs is 2. The summed E-state index contributed by atoms with van der Waals surface area (Å²) in [5, 5.41) is 8.88. The number of carbonyl (C=O) groups is 4. The van der Waals surface area contributed by atoms with Crippen molar-refractivity contribution in [3.8, 4) is 11.5 Å². The molecule has 248 valence electrons. The van der Waals surface area contributed by atoms with E-state index < -0.39 is 5.97 Å². The van der Waals surface area contributed by atoms with Crippen molar-refractivity contribution in [2.24, 2.45) is 5.73 Å². The van der Waals surface area contributed by atoms with E-state index in [9.17, 15) is 19.2 Å². The average Bonchev–Trinajstić information content (AvgIpc) is 3.08. The molecule has 0 aromatic heterocycles. The van der Waals surface area contributed by atoms with Gasteiger partial charge in [-0.2, -0.15) is 0 Å². The summed E-state index contributed by atoms with van der Waals surface area (Å²) in [5.41, 5.74) is 12.3. The lowest BCUT2D eigenvalue weighted by Gasteiger charge is -2.29. The van der Waals surface area contributed by atoms with E-state index in [1.165, 1.54) is 0 Å². The number of carbonyl (C=O) groups excluding carboxylic acids is 3. The van der Waals surface area contributed by atoms with E-state index in [-0.39, 0.29) is 30.6 Å². The lowest BCUT2D eigenvalue weighted by atomic mass is 9.95. The van der Waals surface area contributed by atoms with Crippen molar-refractivity contribution in [3.63, 3.8) is 0 Å². The van der Waals surface area contributed by atoms with Crippen LogP contribution in [0.2, 0.25) is 0 Å². The zero-order valence-electron chi connectivity index (χ0n) is 27.1. The molecular formula is C38H39N3O7. The number of benzene rings is 4. The van der Waals surface area contributed by atoms with Gasteiger partial charge in [0.15, 0.2) is 0 Å². The van der Waals surface area contributed by atoms with Gasteiger partial charge in [-0.25, -0.2) is 0 Å². The van der Waals surface area contributed by atoms with Gasteiger partial charge in [-0.15, -0.1) is 0 Å². The van der Waals surface area contributed by atoms with Crippen LogP contribution in [0.4, 0.5) is 0 Å². The normalized spacial score (nSPS) is 13.5. The monoisotopic (exact) mass is 649 g/mol. The highest BCUT2D eigenvalue weighted by Gasteiger charge is 2.26. The van der Waals surface area contributed by atoms with E-state index in [0.717, 1.165) is 57.7 Å². The summed E-state index contributed by atoms with van der Waals surface area (Å²) in [4.78, 5) is 50.9. The highest BCUT2D eigenvalue weighted by atomic mass is 16.5. The van der Waals surface area contributed by atoms with Crippen LogP contribution in [0.15, 0.2) is 84.9 Å². The van der Waals surface area contributed by atoms with Crippen LogP contribution in [-0.4, -0.2) is 65.9 Å². The van der Waals surface area contributed by atoms with E-state index >= 15 is 0 Å². The third kappa shape index (κ3) is 8.38. The maximum atomic E-state index is 12.7. The van der Waals surface area contributed by atoms with Gasteiger partial charge in [0.1, 0.15) is 11.5 Å². The molecule has 3 N–H and O–H groups in total. The number of carboxylic acid groups (broad SMARTS) is 1. The summed E-state index contributed by atoms with van der Waals surface area (Å²) in [6.45, 7) is 2.43. The van der Waals surface area contributed by atoms with Crippen LogP contribution in [0.25, 0.3) is 0 Å². The number of hydrogen-bond acceptors (Lipinski definition) is 6. The summed E-state index contributed by atoms with van der Waals surface area (Å²) in [6.07, 6.45) is 1.71. The lowest BCUT2D eigenvalue weighted by molar-refractivity contribution is -0.136. The Bertz CT molecular complexity index is 1670. The molecule has 0 radical (unpaired) electrons. The number of nitrogens with two attached hydrogens (primary N) is 1. The van der Waals surface area contributed by atoms with E-state index in [1.807, 2.05) is 70.5 Å². The van der Waals surface area contributed by atoms with Gasteiger partial charge < -0.3 is 30.1 Å². The van der Waals surface area contributed by atoms with Gasteiger partial charge in [-0.1, -0.05) is 48.5 Å². The first-order valence-corrected chi connectivity index (χ1v) is 15.7. The summed E-state index contributed by atoms with van der Waals surface area (Å²) in [7, 11) is 3.26. The summed E-state index contributed by atoms with van der Waals surface area (Å²) in [6, 6.07) is 26.2. The molecular weight excluding hydrogens is 610 g/mol. The molecule has 48 heavy (non-hydrogen) atoms. The number of aliphatic carboxylic acids is 1. The Morgan fingerprint density at radius 3 is 1.42 bits per heavy atom. The summed E-state index contributed by atoms with van der Waals surface area (Å²) < 4.78 is 10.3. The number of nitrogens with zero attached hydrogens (tertiary/aromatic N) is 2. The van der Waals surface area contributed by atoms with E-state index in [4.69, 9.17) is 20.3 Å². The number of primary amides is 1. The van der Waals surface area contributed by atoms with Crippen molar-refractivity contribution in [2.75, 3.05) is 27.3 Å². The summed E-state index contributed by atoms with van der Waals surface area (Å²) >= 11 is 0. The minimum absolute atomic E-state index is 0.00561. The topological polar surface area (TPSA) is 139 Å². The first-order valence-electron chi connectivity index (χ1n) is 15.7. The van der Waals surface area contributed by atoms with Crippen molar-refractivity contribution in [2.45, 2.75) is 38.8 Å². The molecule has 0 atom stereocenters. The standard InChI is InChI=1S/C19H20N2O3.C19H19NO4/c1-24-16-5-2-13(3-6-16)12-21-9-8-15-10-14(11-18(20)22)4-7-17(15)19(21)23;1-24-16-5-2-13(3-6-16)12-20-9-8-15-10-14(11-18(21)22)4-7-17(15)19(20)23/h2-7,10H,8-9,11-12H2,1H3,(H2,20,22);2-7,10H,8-9,11-12H2,1H3,(H,21,22). The van der Waals surface area contributed by atoms with E-state index in [0.29, 0.717) is 37.3 Å². The first kappa shape index (κ1) is 33.7. The lowest BCUT2D eigenvalue weighted by Crippen LogP contribution is -2.37.